The average molecular weight is 643 g/mol. The van der Waals surface area contributed by atoms with Crippen LogP contribution in [0.25, 0.3) is 0 Å². The third-order valence-electron chi connectivity index (χ3n) is 12.8. The summed E-state index contributed by atoms with van der Waals surface area (Å²) in [7, 11) is 0. The van der Waals surface area contributed by atoms with E-state index >= 15 is 0 Å². The maximum absolute atomic E-state index is 13.9. The number of hydrogen-bond donors (Lipinski definition) is 9. The largest absolute Gasteiger partial charge is 0.394 e. The van der Waals surface area contributed by atoms with Crippen molar-refractivity contribution in [2.24, 2.45) is 22.7 Å². The number of hydrogen-bond acceptors (Lipinski definition) is 12. The molecule has 14 atom stereocenters. The van der Waals surface area contributed by atoms with Crippen molar-refractivity contribution in [1.82, 2.24) is 0 Å². The lowest BCUT2D eigenvalue weighted by Gasteiger charge is -2.62. The maximum atomic E-state index is 13.9. The van der Waals surface area contributed by atoms with Crippen LogP contribution in [0, 0.1) is 22.7 Å². The second kappa shape index (κ2) is 11.5. The van der Waals surface area contributed by atoms with E-state index in [0.29, 0.717) is 37.7 Å². The standard InChI is InChI=1S/C33H54O12/c1-28(2,40)10-9-22(35)31(5,41)21-8-13-32(42)19-14-23(36)33(43)15-17(6-11-29(33,3)18(19)7-12-30(21,32)4)44-27-26(39)25(38)24(37)20(16-34)45-27/h14,17-18,20-22,24-27,34-35,37-43H,6-13,15-16H2,1-5H3/t17-,18-,20+,21-,22+,24+,25-,26+,27+,29+,30+,31+,32+,33+/m0/s1. The number of carbonyl (C=O) groups excluding carboxylic acids is 1. The van der Waals surface area contributed by atoms with Gasteiger partial charge in [-0.05, 0) is 95.6 Å². The first kappa shape index (κ1) is 35.3. The predicted octanol–water partition coefficient (Wildman–Crippen LogP) is -0.178. The predicted molar refractivity (Wildman–Crippen MR) is 159 cm³/mol. The SMILES string of the molecule is CC(C)(O)CC[C@@H](O)[C@](C)(O)[C@H]1CC[C@@]2(O)C3=CC(=O)[C@]4(O)C[C@@H](O[C@@H]5O[C@H](CO)[C@@H](O)[C@H](O)[C@H]5O)CC[C@]4(C)[C@H]3CC[C@]12C. The number of rotatable bonds is 8. The van der Waals surface area contributed by atoms with Gasteiger partial charge in [0.05, 0.1) is 35.6 Å². The van der Waals surface area contributed by atoms with E-state index in [-0.39, 0.29) is 31.6 Å². The molecule has 5 aliphatic rings. The summed E-state index contributed by atoms with van der Waals surface area (Å²) in [6.07, 6.45) is -4.95. The van der Waals surface area contributed by atoms with Gasteiger partial charge in [0.25, 0.3) is 0 Å². The molecule has 1 saturated heterocycles. The van der Waals surface area contributed by atoms with Crippen LogP contribution in [-0.4, -0.2) is 124 Å². The molecule has 1 heterocycles. The number of fused-ring (bicyclic) bond motifs is 5. The van der Waals surface area contributed by atoms with Crippen molar-refractivity contribution in [3.8, 4) is 0 Å². The number of aliphatic hydroxyl groups excluding tert-OH is 5. The molecule has 9 N–H and O–H groups in total. The van der Waals surface area contributed by atoms with Crippen LogP contribution in [0.5, 0.6) is 0 Å². The molecule has 12 heteroatoms. The number of carbonyl (C=O) groups is 1. The third-order valence-corrected chi connectivity index (χ3v) is 12.8. The van der Waals surface area contributed by atoms with Crippen LogP contribution in [0.2, 0.25) is 0 Å². The fourth-order valence-electron chi connectivity index (χ4n) is 9.75. The van der Waals surface area contributed by atoms with Gasteiger partial charge in [-0.25, -0.2) is 0 Å². The molecule has 0 bridgehead atoms. The Morgan fingerprint density at radius 1 is 0.956 bits per heavy atom. The first-order chi connectivity index (χ1) is 20.7. The molecule has 12 nitrogen and oxygen atoms in total. The molecule has 3 saturated carbocycles. The van der Waals surface area contributed by atoms with E-state index in [1.165, 1.54) is 6.08 Å². The van der Waals surface area contributed by atoms with Gasteiger partial charge >= 0.3 is 0 Å². The molecule has 0 spiro atoms. The average Bonchev–Trinajstić information content (AvgIpc) is 3.25. The molecule has 0 amide bonds. The number of ketones is 1. The summed E-state index contributed by atoms with van der Waals surface area (Å²) in [5, 5.41) is 97.8. The Morgan fingerprint density at radius 3 is 2.22 bits per heavy atom. The Hall–Kier alpha value is -1.03. The summed E-state index contributed by atoms with van der Waals surface area (Å²) < 4.78 is 11.5. The fourth-order valence-corrected chi connectivity index (χ4v) is 9.75. The zero-order valence-electron chi connectivity index (χ0n) is 27.1. The van der Waals surface area contributed by atoms with E-state index in [0.717, 1.165) is 0 Å². The lowest BCUT2D eigenvalue weighted by molar-refractivity contribution is -0.319. The highest BCUT2D eigenvalue weighted by atomic mass is 16.7. The van der Waals surface area contributed by atoms with Crippen molar-refractivity contribution in [2.75, 3.05) is 6.61 Å². The highest BCUT2D eigenvalue weighted by Gasteiger charge is 2.71. The Morgan fingerprint density at radius 2 is 1.60 bits per heavy atom. The van der Waals surface area contributed by atoms with Crippen LogP contribution in [0.4, 0.5) is 0 Å². The van der Waals surface area contributed by atoms with E-state index in [2.05, 4.69) is 0 Å². The van der Waals surface area contributed by atoms with E-state index in [9.17, 15) is 50.8 Å². The van der Waals surface area contributed by atoms with Gasteiger partial charge in [-0.3, -0.25) is 4.79 Å². The van der Waals surface area contributed by atoms with Crippen molar-refractivity contribution in [3.63, 3.8) is 0 Å². The van der Waals surface area contributed by atoms with Crippen molar-refractivity contribution in [1.29, 1.82) is 0 Å². The van der Waals surface area contributed by atoms with Gasteiger partial charge in [0.15, 0.2) is 12.1 Å². The first-order valence-electron chi connectivity index (χ1n) is 16.5. The van der Waals surface area contributed by atoms with E-state index < -0.39 is 94.5 Å². The smallest absolute Gasteiger partial charge is 0.187 e. The monoisotopic (exact) mass is 642 g/mol. The van der Waals surface area contributed by atoms with Crippen LogP contribution in [0.15, 0.2) is 11.6 Å². The second-order valence-corrected chi connectivity index (χ2v) is 16.0. The normalized spacial score (nSPS) is 48.9. The summed E-state index contributed by atoms with van der Waals surface area (Å²) in [4.78, 5) is 13.9. The zero-order valence-corrected chi connectivity index (χ0v) is 27.1. The molecule has 4 fully saturated rings. The molecule has 0 unspecified atom stereocenters. The summed E-state index contributed by atoms with van der Waals surface area (Å²) >= 11 is 0. The molecule has 5 rings (SSSR count). The van der Waals surface area contributed by atoms with Crippen molar-refractivity contribution in [2.45, 2.75) is 158 Å². The summed E-state index contributed by atoms with van der Waals surface area (Å²) in [5.41, 5.74) is -7.10. The topological polar surface area (TPSA) is 218 Å². The van der Waals surface area contributed by atoms with Crippen molar-refractivity contribution in [3.05, 3.63) is 11.6 Å². The summed E-state index contributed by atoms with van der Waals surface area (Å²) in [5.74, 6) is -1.38. The van der Waals surface area contributed by atoms with Gasteiger partial charge in [-0.1, -0.05) is 13.8 Å². The fraction of sp³-hybridized carbons (Fsp3) is 0.909. The minimum Gasteiger partial charge on any atom is -0.394 e. The Labute approximate surface area is 264 Å². The minimum absolute atomic E-state index is 0.113. The Kier molecular flexibility index (Phi) is 9.05. The molecule has 0 aromatic heterocycles. The lowest BCUT2D eigenvalue weighted by atomic mass is 9.44. The van der Waals surface area contributed by atoms with Crippen LogP contribution < -0.4 is 0 Å². The van der Waals surface area contributed by atoms with Gasteiger partial charge in [0.1, 0.15) is 30.0 Å². The van der Waals surface area contributed by atoms with E-state index in [4.69, 9.17) is 9.47 Å². The minimum atomic E-state index is -1.85. The van der Waals surface area contributed by atoms with Crippen LogP contribution in [0.3, 0.4) is 0 Å². The Balaban J connectivity index is 1.38. The third kappa shape index (κ3) is 5.36. The van der Waals surface area contributed by atoms with Crippen molar-refractivity contribution >= 4 is 5.78 Å². The highest BCUT2D eigenvalue weighted by Crippen LogP contribution is 2.69. The van der Waals surface area contributed by atoms with Crippen LogP contribution in [0.1, 0.15) is 92.4 Å². The molecule has 0 radical (unpaired) electrons. The van der Waals surface area contributed by atoms with Crippen LogP contribution in [-0.2, 0) is 14.3 Å². The van der Waals surface area contributed by atoms with Crippen LogP contribution >= 0.6 is 0 Å². The second-order valence-electron chi connectivity index (χ2n) is 16.0. The molecular formula is C33H54O12. The molecule has 0 aromatic rings. The van der Waals surface area contributed by atoms with Gasteiger partial charge in [0, 0.05) is 17.3 Å². The molecular weight excluding hydrogens is 588 g/mol. The highest BCUT2D eigenvalue weighted by molar-refractivity contribution is 6.00. The first-order valence-corrected chi connectivity index (χ1v) is 16.5. The van der Waals surface area contributed by atoms with E-state index in [1.54, 1.807) is 20.8 Å². The van der Waals surface area contributed by atoms with Gasteiger partial charge < -0.3 is 55.4 Å². The summed E-state index contributed by atoms with van der Waals surface area (Å²) in [6, 6.07) is 0. The quantitative estimate of drug-likeness (QED) is 0.169. The van der Waals surface area contributed by atoms with Gasteiger partial charge in [-0.15, -0.1) is 0 Å². The zero-order chi connectivity index (χ0) is 33.5. The summed E-state index contributed by atoms with van der Waals surface area (Å²) in [6.45, 7) is 8.05. The molecule has 1 aliphatic heterocycles. The maximum Gasteiger partial charge on any atom is 0.187 e. The molecule has 4 aliphatic carbocycles. The number of ether oxygens (including phenoxy) is 2. The Bertz CT molecular complexity index is 1160. The molecule has 0 aromatic carbocycles. The van der Waals surface area contributed by atoms with E-state index in [1.807, 2.05) is 13.8 Å². The van der Waals surface area contributed by atoms with Gasteiger partial charge in [-0.2, -0.15) is 0 Å². The van der Waals surface area contributed by atoms with Crippen molar-refractivity contribution < 1.29 is 60.2 Å². The lowest BCUT2D eigenvalue weighted by Crippen LogP contribution is -2.68. The van der Waals surface area contributed by atoms with Gasteiger partial charge in [0.2, 0.25) is 0 Å². The molecule has 45 heavy (non-hydrogen) atoms. The number of aliphatic hydroxyl groups is 9. The molecule has 258 valence electrons.